The Hall–Kier alpha value is -2.41. The molecule has 1 aromatic carbocycles. The van der Waals surface area contributed by atoms with E-state index in [4.69, 9.17) is 5.26 Å². The molecule has 0 aliphatic carbocycles. The second-order valence-corrected chi connectivity index (χ2v) is 3.95. The van der Waals surface area contributed by atoms with Crippen molar-refractivity contribution in [2.75, 3.05) is 11.9 Å². The van der Waals surface area contributed by atoms with Gasteiger partial charge in [-0.2, -0.15) is 5.26 Å². The lowest BCUT2D eigenvalue weighted by Crippen LogP contribution is -2.03. The van der Waals surface area contributed by atoms with E-state index in [9.17, 15) is 0 Å². The van der Waals surface area contributed by atoms with Crippen LogP contribution in [0.4, 0.5) is 5.82 Å². The van der Waals surface area contributed by atoms with Gasteiger partial charge in [-0.3, -0.25) is 0 Å². The van der Waals surface area contributed by atoms with Gasteiger partial charge in [0.25, 0.3) is 0 Å². The van der Waals surface area contributed by atoms with Crippen molar-refractivity contribution < 1.29 is 0 Å². The van der Waals surface area contributed by atoms with Crippen LogP contribution in [0.1, 0.15) is 12.0 Å². The summed E-state index contributed by atoms with van der Waals surface area (Å²) in [5.41, 5.74) is 3.13. The first-order valence-electron chi connectivity index (χ1n) is 5.82. The Morgan fingerprint density at radius 2 is 2.00 bits per heavy atom. The van der Waals surface area contributed by atoms with Crippen LogP contribution < -0.4 is 5.32 Å². The third-order valence-electron chi connectivity index (χ3n) is 2.63. The predicted molar refractivity (Wildman–Crippen MR) is 70.9 cm³/mol. The van der Waals surface area contributed by atoms with Crippen molar-refractivity contribution in [2.45, 2.75) is 13.3 Å². The molecule has 0 aliphatic rings. The first kappa shape index (κ1) is 12.1. The molecular weight excluding hydrogens is 224 g/mol. The topological polar surface area (TPSA) is 61.6 Å². The second kappa shape index (κ2) is 5.78. The van der Waals surface area contributed by atoms with Crippen LogP contribution in [0.3, 0.4) is 0 Å². The maximum atomic E-state index is 8.44. The van der Waals surface area contributed by atoms with E-state index >= 15 is 0 Å². The largest absolute Gasteiger partial charge is 0.368 e. The quantitative estimate of drug-likeness (QED) is 0.832. The number of nitriles is 1. The zero-order valence-electron chi connectivity index (χ0n) is 10.2. The highest BCUT2D eigenvalue weighted by Crippen LogP contribution is 2.20. The summed E-state index contributed by atoms with van der Waals surface area (Å²) in [6, 6.07) is 14.0. The van der Waals surface area contributed by atoms with E-state index in [1.54, 1.807) is 0 Å². The van der Waals surface area contributed by atoms with Crippen LogP contribution in [0.15, 0.2) is 36.4 Å². The molecule has 0 atom stereocenters. The predicted octanol–water partition coefficient (Wildman–Crippen LogP) is 2.78. The molecule has 0 spiro atoms. The summed E-state index contributed by atoms with van der Waals surface area (Å²) < 4.78 is 0. The highest BCUT2D eigenvalue weighted by atomic mass is 15.2. The Bertz CT molecular complexity index is 555. The summed E-state index contributed by atoms with van der Waals surface area (Å²) in [6.45, 7) is 2.64. The van der Waals surface area contributed by atoms with Crippen molar-refractivity contribution in [3.05, 3.63) is 42.0 Å². The number of aryl methyl sites for hydroxylation is 1. The van der Waals surface area contributed by atoms with Gasteiger partial charge < -0.3 is 5.32 Å². The van der Waals surface area contributed by atoms with Gasteiger partial charge in [0.1, 0.15) is 5.82 Å². The fraction of sp³-hybridized carbons (Fsp3) is 0.214. The summed E-state index contributed by atoms with van der Waals surface area (Å²) in [6.07, 6.45) is 0.460. The standard InChI is InChI=1S/C14H14N4/c1-11-5-2-3-6-12(11)13-7-8-14(18-17-13)16-10-4-9-15/h2-3,5-8H,4,10H2,1H3,(H,16,18). The molecule has 4 heteroatoms. The molecule has 0 fully saturated rings. The van der Waals surface area contributed by atoms with E-state index < -0.39 is 0 Å². The zero-order chi connectivity index (χ0) is 12.8. The fourth-order valence-electron chi connectivity index (χ4n) is 1.68. The summed E-state index contributed by atoms with van der Waals surface area (Å²) in [7, 11) is 0. The van der Waals surface area contributed by atoms with Crippen molar-refractivity contribution >= 4 is 5.82 Å². The molecule has 4 nitrogen and oxygen atoms in total. The number of nitrogens with one attached hydrogen (secondary N) is 1. The van der Waals surface area contributed by atoms with E-state index in [0.29, 0.717) is 18.8 Å². The molecule has 0 saturated carbocycles. The van der Waals surface area contributed by atoms with Gasteiger partial charge in [0.15, 0.2) is 0 Å². The average Bonchev–Trinajstić information content (AvgIpc) is 2.41. The van der Waals surface area contributed by atoms with Crippen LogP contribution in [-0.2, 0) is 0 Å². The first-order valence-corrected chi connectivity index (χ1v) is 5.82. The lowest BCUT2D eigenvalue weighted by molar-refractivity contribution is 0.991. The highest BCUT2D eigenvalue weighted by molar-refractivity contribution is 5.63. The third kappa shape index (κ3) is 2.83. The van der Waals surface area contributed by atoms with Crippen molar-refractivity contribution in [2.24, 2.45) is 0 Å². The molecule has 0 unspecified atom stereocenters. The number of nitrogens with zero attached hydrogens (tertiary/aromatic N) is 3. The number of rotatable bonds is 4. The van der Waals surface area contributed by atoms with Crippen molar-refractivity contribution in [1.29, 1.82) is 5.26 Å². The molecule has 0 amide bonds. The van der Waals surface area contributed by atoms with Gasteiger partial charge in [-0.1, -0.05) is 24.3 Å². The van der Waals surface area contributed by atoms with Crippen LogP contribution in [0.5, 0.6) is 0 Å². The van der Waals surface area contributed by atoms with Crippen LogP contribution in [0.2, 0.25) is 0 Å². The number of aromatic nitrogens is 2. The van der Waals surface area contributed by atoms with Gasteiger partial charge in [0.2, 0.25) is 0 Å². The van der Waals surface area contributed by atoms with Gasteiger partial charge in [-0.15, -0.1) is 10.2 Å². The molecule has 0 bridgehead atoms. The maximum Gasteiger partial charge on any atom is 0.148 e. The van der Waals surface area contributed by atoms with Crippen molar-refractivity contribution in [3.8, 4) is 17.3 Å². The van der Waals surface area contributed by atoms with E-state index in [1.165, 1.54) is 5.56 Å². The van der Waals surface area contributed by atoms with Crippen LogP contribution in [0, 0.1) is 18.3 Å². The van der Waals surface area contributed by atoms with E-state index in [2.05, 4.69) is 34.6 Å². The molecule has 1 aromatic heterocycles. The van der Waals surface area contributed by atoms with Crippen molar-refractivity contribution in [3.63, 3.8) is 0 Å². The number of hydrogen-bond donors (Lipinski definition) is 1. The highest BCUT2D eigenvalue weighted by Gasteiger charge is 2.03. The van der Waals surface area contributed by atoms with E-state index in [-0.39, 0.29) is 0 Å². The Morgan fingerprint density at radius 3 is 2.67 bits per heavy atom. The fourth-order valence-corrected chi connectivity index (χ4v) is 1.68. The normalized spacial score (nSPS) is 9.78. The van der Waals surface area contributed by atoms with Gasteiger partial charge in [-0.25, -0.2) is 0 Å². The Balaban J connectivity index is 2.13. The lowest BCUT2D eigenvalue weighted by Gasteiger charge is -2.05. The molecule has 2 rings (SSSR count). The monoisotopic (exact) mass is 238 g/mol. The van der Waals surface area contributed by atoms with Gasteiger partial charge in [-0.05, 0) is 24.6 Å². The number of benzene rings is 1. The molecule has 0 radical (unpaired) electrons. The Kier molecular flexibility index (Phi) is 3.87. The van der Waals surface area contributed by atoms with Gasteiger partial charge in [0, 0.05) is 12.1 Å². The Labute approximate surface area is 106 Å². The van der Waals surface area contributed by atoms with E-state index in [1.807, 2.05) is 30.3 Å². The minimum atomic E-state index is 0.460. The lowest BCUT2D eigenvalue weighted by atomic mass is 10.1. The summed E-state index contributed by atoms with van der Waals surface area (Å²) in [5.74, 6) is 0.697. The minimum absolute atomic E-state index is 0.460. The zero-order valence-corrected chi connectivity index (χ0v) is 10.2. The SMILES string of the molecule is Cc1ccccc1-c1ccc(NCCC#N)nn1. The molecule has 18 heavy (non-hydrogen) atoms. The molecule has 2 aromatic rings. The maximum absolute atomic E-state index is 8.44. The Morgan fingerprint density at radius 1 is 1.17 bits per heavy atom. The number of anilines is 1. The molecular formula is C14H14N4. The molecule has 0 aliphatic heterocycles. The van der Waals surface area contributed by atoms with Crippen molar-refractivity contribution in [1.82, 2.24) is 10.2 Å². The van der Waals surface area contributed by atoms with Gasteiger partial charge in [0.05, 0.1) is 18.2 Å². The first-order chi connectivity index (χ1) is 8.81. The van der Waals surface area contributed by atoms with Crippen LogP contribution in [-0.4, -0.2) is 16.7 Å². The summed E-state index contributed by atoms with van der Waals surface area (Å²) >= 11 is 0. The van der Waals surface area contributed by atoms with Crippen LogP contribution in [0.25, 0.3) is 11.3 Å². The smallest absolute Gasteiger partial charge is 0.148 e. The third-order valence-corrected chi connectivity index (χ3v) is 2.63. The average molecular weight is 238 g/mol. The molecule has 1 N–H and O–H groups in total. The minimum Gasteiger partial charge on any atom is -0.368 e. The molecule has 1 heterocycles. The second-order valence-electron chi connectivity index (χ2n) is 3.95. The van der Waals surface area contributed by atoms with E-state index in [0.717, 1.165) is 11.3 Å². The summed E-state index contributed by atoms with van der Waals surface area (Å²) in [5, 5.41) is 19.8. The van der Waals surface area contributed by atoms with Crippen LogP contribution >= 0.6 is 0 Å². The molecule has 0 saturated heterocycles. The summed E-state index contributed by atoms with van der Waals surface area (Å²) in [4.78, 5) is 0. The molecule has 90 valence electrons. The van der Waals surface area contributed by atoms with Gasteiger partial charge >= 0.3 is 0 Å². The number of hydrogen-bond acceptors (Lipinski definition) is 4.